The van der Waals surface area contributed by atoms with Crippen LogP contribution in [0.5, 0.6) is 5.75 Å². The van der Waals surface area contributed by atoms with E-state index in [1.807, 2.05) is 19.1 Å². The Labute approximate surface area is 153 Å². The van der Waals surface area contributed by atoms with Gasteiger partial charge in [-0.2, -0.15) is 0 Å². The van der Waals surface area contributed by atoms with Gasteiger partial charge in [0.2, 0.25) is 0 Å². The number of hydrogen-bond donors (Lipinski definition) is 1. The van der Waals surface area contributed by atoms with Gasteiger partial charge in [-0.25, -0.2) is 4.98 Å². The van der Waals surface area contributed by atoms with Gasteiger partial charge in [0.1, 0.15) is 17.1 Å². The number of ether oxygens (including phenoxy) is 1. The van der Waals surface area contributed by atoms with Crippen molar-refractivity contribution in [1.29, 1.82) is 0 Å². The second-order valence-corrected chi connectivity index (χ2v) is 6.42. The summed E-state index contributed by atoms with van der Waals surface area (Å²) >= 11 is 0. The number of piperidine rings is 1. The molecule has 2 amide bonds. The summed E-state index contributed by atoms with van der Waals surface area (Å²) in [6, 6.07) is 10.5. The Bertz CT molecular complexity index is 814. The highest BCUT2D eigenvalue weighted by molar-refractivity contribution is 6.04. The van der Waals surface area contributed by atoms with Crippen LogP contribution in [0.2, 0.25) is 0 Å². The summed E-state index contributed by atoms with van der Waals surface area (Å²) in [7, 11) is 1.55. The fraction of sp³-hybridized carbons (Fsp3) is 0.350. The lowest BCUT2D eigenvalue weighted by Crippen LogP contribution is -2.36. The molecule has 0 atom stereocenters. The fourth-order valence-electron chi connectivity index (χ4n) is 3.05. The number of aryl methyl sites for hydroxylation is 1. The van der Waals surface area contributed by atoms with E-state index in [0.29, 0.717) is 17.1 Å². The average Bonchev–Trinajstić information content (AvgIpc) is 2.68. The van der Waals surface area contributed by atoms with Gasteiger partial charge in [0, 0.05) is 13.1 Å². The molecule has 0 spiro atoms. The molecule has 1 aliphatic heterocycles. The molecule has 1 aliphatic rings. The SMILES string of the molecule is COc1ccc(C)cc1NC(=O)c1cccc(C(=O)N2CCCCC2)n1. The maximum atomic E-state index is 12.6. The normalized spacial score (nSPS) is 14.0. The standard InChI is InChI=1S/C20H23N3O3/c1-14-9-10-18(26-2)17(13-14)22-19(24)15-7-6-8-16(21-15)20(25)23-11-4-3-5-12-23/h6-10,13H,3-5,11-12H2,1-2H3,(H,22,24). The first-order valence-corrected chi connectivity index (χ1v) is 8.81. The zero-order valence-electron chi connectivity index (χ0n) is 15.1. The van der Waals surface area contributed by atoms with Crippen LogP contribution in [0.15, 0.2) is 36.4 Å². The highest BCUT2D eigenvalue weighted by atomic mass is 16.5. The van der Waals surface area contributed by atoms with Crippen LogP contribution in [0, 0.1) is 6.92 Å². The summed E-state index contributed by atoms with van der Waals surface area (Å²) in [5, 5.41) is 2.81. The molecule has 1 saturated heterocycles. The number of carbonyl (C=O) groups excluding carboxylic acids is 2. The van der Waals surface area contributed by atoms with Crippen LogP contribution in [-0.4, -0.2) is 41.9 Å². The van der Waals surface area contributed by atoms with Crippen LogP contribution in [-0.2, 0) is 0 Å². The number of methoxy groups -OCH3 is 1. The van der Waals surface area contributed by atoms with Crippen molar-refractivity contribution in [2.75, 3.05) is 25.5 Å². The lowest BCUT2D eigenvalue weighted by atomic mass is 10.1. The zero-order chi connectivity index (χ0) is 18.5. The average molecular weight is 353 g/mol. The molecule has 0 radical (unpaired) electrons. The van der Waals surface area contributed by atoms with Gasteiger partial charge >= 0.3 is 0 Å². The summed E-state index contributed by atoms with van der Waals surface area (Å²) in [5.74, 6) is 0.0826. The van der Waals surface area contributed by atoms with E-state index in [1.54, 1.807) is 36.3 Å². The Morgan fingerprint density at radius 1 is 1.08 bits per heavy atom. The van der Waals surface area contributed by atoms with E-state index in [1.165, 1.54) is 0 Å². The number of hydrogen-bond acceptors (Lipinski definition) is 4. The summed E-state index contributed by atoms with van der Waals surface area (Å²) in [4.78, 5) is 31.3. The smallest absolute Gasteiger partial charge is 0.274 e. The minimum atomic E-state index is -0.373. The predicted molar refractivity (Wildman–Crippen MR) is 99.7 cm³/mol. The van der Waals surface area contributed by atoms with Crippen LogP contribution >= 0.6 is 0 Å². The highest BCUT2D eigenvalue weighted by Gasteiger charge is 2.20. The number of rotatable bonds is 4. The third-order valence-corrected chi connectivity index (χ3v) is 4.45. The maximum absolute atomic E-state index is 12.6. The lowest BCUT2D eigenvalue weighted by molar-refractivity contribution is 0.0718. The number of likely N-dealkylation sites (tertiary alicyclic amines) is 1. The van der Waals surface area contributed by atoms with E-state index in [2.05, 4.69) is 10.3 Å². The van der Waals surface area contributed by atoms with Gasteiger partial charge in [-0.05, 0) is 56.0 Å². The first kappa shape index (κ1) is 17.9. The highest BCUT2D eigenvalue weighted by Crippen LogP contribution is 2.25. The minimum Gasteiger partial charge on any atom is -0.495 e. The Kier molecular flexibility index (Phi) is 5.51. The molecule has 0 bridgehead atoms. The summed E-state index contributed by atoms with van der Waals surface area (Å²) in [6.07, 6.45) is 3.18. The van der Waals surface area contributed by atoms with Crippen LogP contribution < -0.4 is 10.1 Å². The summed E-state index contributed by atoms with van der Waals surface area (Å²) < 4.78 is 5.28. The third-order valence-electron chi connectivity index (χ3n) is 4.45. The topological polar surface area (TPSA) is 71.5 Å². The maximum Gasteiger partial charge on any atom is 0.274 e. The van der Waals surface area contributed by atoms with Crippen molar-refractivity contribution in [1.82, 2.24) is 9.88 Å². The molecule has 0 aliphatic carbocycles. The van der Waals surface area contributed by atoms with Crippen molar-refractivity contribution in [3.8, 4) is 5.75 Å². The van der Waals surface area contributed by atoms with Gasteiger partial charge < -0.3 is 15.0 Å². The molecule has 2 aromatic rings. The van der Waals surface area contributed by atoms with Crippen LogP contribution in [0.1, 0.15) is 45.8 Å². The molecule has 136 valence electrons. The minimum absolute atomic E-state index is 0.118. The molecule has 0 saturated carbocycles. The molecular formula is C20H23N3O3. The second kappa shape index (κ2) is 7.99. The van der Waals surface area contributed by atoms with Crippen LogP contribution in [0.25, 0.3) is 0 Å². The first-order valence-electron chi connectivity index (χ1n) is 8.81. The fourth-order valence-corrected chi connectivity index (χ4v) is 3.05. The molecule has 1 N–H and O–H groups in total. The van der Waals surface area contributed by atoms with Crippen LogP contribution in [0.4, 0.5) is 5.69 Å². The van der Waals surface area contributed by atoms with Gasteiger partial charge in [-0.3, -0.25) is 9.59 Å². The van der Waals surface area contributed by atoms with E-state index in [4.69, 9.17) is 4.74 Å². The predicted octanol–water partition coefficient (Wildman–Crippen LogP) is 3.28. The van der Waals surface area contributed by atoms with Gasteiger partial charge in [-0.15, -0.1) is 0 Å². The molecule has 6 heteroatoms. The number of benzene rings is 1. The number of anilines is 1. The molecule has 0 unspecified atom stereocenters. The Morgan fingerprint density at radius 2 is 1.81 bits per heavy atom. The van der Waals surface area contributed by atoms with Gasteiger partial charge in [0.05, 0.1) is 12.8 Å². The molecule has 6 nitrogen and oxygen atoms in total. The molecular weight excluding hydrogens is 330 g/mol. The van der Waals surface area contributed by atoms with E-state index in [-0.39, 0.29) is 17.5 Å². The molecule has 1 aromatic carbocycles. The molecule has 1 fully saturated rings. The van der Waals surface area contributed by atoms with Gasteiger partial charge in [-0.1, -0.05) is 12.1 Å². The van der Waals surface area contributed by atoms with Crippen molar-refractivity contribution >= 4 is 17.5 Å². The Morgan fingerprint density at radius 3 is 2.54 bits per heavy atom. The van der Waals surface area contributed by atoms with E-state index in [9.17, 15) is 9.59 Å². The number of nitrogens with one attached hydrogen (secondary N) is 1. The lowest BCUT2D eigenvalue weighted by Gasteiger charge is -2.26. The van der Waals surface area contributed by atoms with Gasteiger partial charge in [0.25, 0.3) is 11.8 Å². The first-order chi connectivity index (χ1) is 12.6. The Hall–Kier alpha value is -2.89. The number of pyridine rings is 1. The number of nitrogens with zero attached hydrogens (tertiary/aromatic N) is 2. The molecule has 26 heavy (non-hydrogen) atoms. The zero-order valence-corrected chi connectivity index (χ0v) is 15.1. The quantitative estimate of drug-likeness (QED) is 0.916. The van der Waals surface area contributed by atoms with Crippen molar-refractivity contribution in [3.05, 3.63) is 53.3 Å². The van der Waals surface area contributed by atoms with Crippen molar-refractivity contribution < 1.29 is 14.3 Å². The number of aromatic nitrogens is 1. The Balaban J connectivity index is 1.78. The van der Waals surface area contributed by atoms with Crippen molar-refractivity contribution in [2.24, 2.45) is 0 Å². The van der Waals surface area contributed by atoms with E-state index in [0.717, 1.165) is 37.9 Å². The molecule has 3 rings (SSSR count). The number of amides is 2. The van der Waals surface area contributed by atoms with Crippen LogP contribution in [0.3, 0.4) is 0 Å². The van der Waals surface area contributed by atoms with Crippen molar-refractivity contribution in [2.45, 2.75) is 26.2 Å². The number of carbonyl (C=O) groups is 2. The monoisotopic (exact) mass is 353 g/mol. The van der Waals surface area contributed by atoms with Crippen molar-refractivity contribution in [3.63, 3.8) is 0 Å². The third kappa shape index (κ3) is 4.02. The second-order valence-electron chi connectivity index (χ2n) is 6.42. The largest absolute Gasteiger partial charge is 0.495 e. The van der Waals surface area contributed by atoms with E-state index < -0.39 is 0 Å². The molecule has 2 heterocycles. The van der Waals surface area contributed by atoms with Gasteiger partial charge in [0.15, 0.2) is 0 Å². The summed E-state index contributed by atoms with van der Waals surface area (Å²) in [6.45, 7) is 3.43. The summed E-state index contributed by atoms with van der Waals surface area (Å²) in [5.41, 5.74) is 2.09. The molecule has 1 aromatic heterocycles. The van der Waals surface area contributed by atoms with E-state index >= 15 is 0 Å².